The topological polar surface area (TPSA) is 53.9 Å². The van der Waals surface area contributed by atoms with Crippen molar-refractivity contribution in [2.75, 3.05) is 23.3 Å². The third kappa shape index (κ3) is 2.81. The van der Waals surface area contributed by atoms with E-state index in [1.807, 2.05) is 12.3 Å². The highest BCUT2D eigenvalue weighted by Crippen LogP contribution is 2.26. The third-order valence-corrected chi connectivity index (χ3v) is 3.27. The lowest BCUT2D eigenvalue weighted by molar-refractivity contribution is 0.930. The van der Waals surface area contributed by atoms with Crippen molar-refractivity contribution in [3.05, 3.63) is 42.6 Å². The second-order valence-electron chi connectivity index (χ2n) is 4.62. The molecule has 0 aliphatic carbocycles. The minimum Gasteiger partial charge on any atom is -0.376 e. The maximum atomic E-state index is 4.50. The van der Waals surface area contributed by atoms with Crippen molar-refractivity contribution in [2.24, 2.45) is 0 Å². The van der Waals surface area contributed by atoms with Gasteiger partial charge in [-0.1, -0.05) is 0 Å². The average Bonchev–Trinajstić information content (AvgIpc) is 3.01. The predicted molar refractivity (Wildman–Crippen MR) is 75.0 cm³/mol. The summed E-state index contributed by atoms with van der Waals surface area (Å²) in [6, 6.07) is 4.02. The Bertz CT molecular complexity index is 522. The van der Waals surface area contributed by atoms with Crippen molar-refractivity contribution in [3.8, 4) is 0 Å². The highest BCUT2D eigenvalue weighted by atomic mass is 15.2. The molecule has 0 bridgehead atoms. The van der Waals surface area contributed by atoms with Crippen molar-refractivity contribution in [1.82, 2.24) is 15.0 Å². The summed E-state index contributed by atoms with van der Waals surface area (Å²) in [5.74, 6) is 1.05. The maximum absolute atomic E-state index is 4.50. The average molecular weight is 255 g/mol. The number of anilines is 2. The van der Waals surface area contributed by atoms with Crippen molar-refractivity contribution in [3.63, 3.8) is 0 Å². The first-order chi connectivity index (χ1) is 9.43. The Morgan fingerprint density at radius 3 is 2.79 bits per heavy atom. The van der Waals surface area contributed by atoms with Gasteiger partial charge >= 0.3 is 0 Å². The molecule has 5 heteroatoms. The first-order valence-corrected chi connectivity index (χ1v) is 6.62. The number of pyridine rings is 1. The van der Waals surface area contributed by atoms with Gasteiger partial charge in [0.15, 0.2) is 5.82 Å². The van der Waals surface area contributed by atoms with E-state index in [1.165, 1.54) is 12.8 Å². The Morgan fingerprint density at radius 2 is 2.00 bits per heavy atom. The molecule has 2 aromatic rings. The van der Waals surface area contributed by atoms with Crippen LogP contribution in [0.5, 0.6) is 0 Å². The molecule has 1 aliphatic rings. The van der Waals surface area contributed by atoms with Crippen LogP contribution in [-0.4, -0.2) is 28.0 Å². The fourth-order valence-electron chi connectivity index (χ4n) is 2.32. The smallest absolute Gasteiger partial charge is 0.151 e. The van der Waals surface area contributed by atoms with Crippen LogP contribution >= 0.6 is 0 Å². The van der Waals surface area contributed by atoms with Crippen LogP contribution in [0.4, 0.5) is 11.5 Å². The van der Waals surface area contributed by atoms with Crippen LogP contribution in [0.3, 0.4) is 0 Å². The van der Waals surface area contributed by atoms with Crippen LogP contribution in [0.1, 0.15) is 18.5 Å². The van der Waals surface area contributed by atoms with Crippen LogP contribution in [0.15, 0.2) is 36.9 Å². The number of rotatable bonds is 4. The SMILES string of the molecule is c1cnc(N2CCCC2)c(NCc2cnccn2)c1. The van der Waals surface area contributed by atoms with E-state index in [1.54, 1.807) is 18.6 Å². The summed E-state index contributed by atoms with van der Waals surface area (Å²) < 4.78 is 0. The van der Waals surface area contributed by atoms with Gasteiger partial charge in [-0.05, 0) is 25.0 Å². The minimum absolute atomic E-state index is 0.667. The van der Waals surface area contributed by atoms with Gasteiger partial charge in [0.05, 0.1) is 24.1 Å². The summed E-state index contributed by atoms with van der Waals surface area (Å²) >= 11 is 0. The third-order valence-electron chi connectivity index (χ3n) is 3.27. The standard InChI is InChI=1S/C14H17N5/c1-2-9-19(8-1)14-13(4-3-5-17-14)18-11-12-10-15-6-7-16-12/h3-7,10,18H,1-2,8-9,11H2. The number of aromatic nitrogens is 3. The van der Waals surface area contributed by atoms with Gasteiger partial charge in [-0.2, -0.15) is 0 Å². The molecule has 0 unspecified atom stereocenters. The van der Waals surface area contributed by atoms with Crippen molar-refractivity contribution < 1.29 is 0 Å². The van der Waals surface area contributed by atoms with Gasteiger partial charge in [-0.3, -0.25) is 9.97 Å². The number of nitrogens with one attached hydrogen (secondary N) is 1. The normalized spacial score (nSPS) is 14.6. The summed E-state index contributed by atoms with van der Waals surface area (Å²) in [5.41, 5.74) is 1.99. The lowest BCUT2D eigenvalue weighted by atomic mass is 10.3. The molecule has 0 spiro atoms. The molecule has 3 rings (SSSR count). The fourth-order valence-corrected chi connectivity index (χ4v) is 2.32. The summed E-state index contributed by atoms with van der Waals surface area (Å²) in [6.45, 7) is 2.86. The van der Waals surface area contributed by atoms with Gasteiger partial charge in [0.2, 0.25) is 0 Å². The van der Waals surface area contributed by atoms with Gasteiger partial charge in [-0.15, -0.1) is 0 Å². The predicted octanol–water partition coefficient (Wildman–Crippen LogP) is 2.08. The highest BCUT2D eigenvalue weighted by molar-refractivity contribution is 5.65. The molecule has 5 nitrogen and oxygen atoms in total. The van der Waals surface area contributed by atoms with Gasteiger partial charge in [0, 0.05) is 31.7 Å². The van der Waals surface area contributed by atoms with Crippen LogP contribution in [-0.2, 0) is 6.54 Å². The Morgan fingerprint density at radius 1 is 1.11 bits per heavy atom. The molecule has 1 aliphatic heterocycles. The maximum Gasteiger partial charge on any atom is 0.151 e. The van der Waals surface area contributed by atoms with Crippen LogP contribution in [0, 0.1) is 0 Å². The summed E-state index contributed by atoms with van der Waals surface area (Å²) in [4.78, 5) is 15.2. The fraction of sp³-hybridized carbons (Fsp3) is 0.357. The zero-order valence-corrected chi connectivity index (χ0v) is 10.8. The first kappa shape index (κ1) is 11.9. The zero-order valence-electron chi connectivity index (χ0n) is 10.8. The molecule has 0 atom stereocenters. The Labute approximate surface area is 112 Å². The molecule has 0 amide bonds. The molecule has 1 fully saturated rings. The van der Waals surface area contributed by atoms with Crippen molar-refractivity contribution in [1.29, 1.82) is 0 Å². The quantitative estimate of drug-likeness (QED) is 0.906. The molecule has 19 heavy (non-hydrogen) atoms. The van der Waals surface area contributed by atoms with Gasteiger partial charge in [0.25, 0.3) is 0 Å². The van der Waals surface area contributed by atoms with E-state index in [-0.39, 0.29) is 0 Å². The molecule has 0 radical (unpaired) electrons. The van der Waals surface area contributed by atoms with Gasteiger partial charge in [0.1, 0.15) is 0 Å². The Kier molecular flexibility index (Phi) is 3.54. The van der Waals surface area contributed by atoms with E-state index >= 15 is 0 Å². The first-order valence-electron chi connectivity index (χ1n) is 6.62. The van der Waals surface area contributed by atoms with E-state index in [0.29, 0.717) is 6.54 Å². The molecule has 0 aromatic carbocycles. The lowest BCUT2D eigenvalue weighted by Gasteiger charge is -2.20. The molecule has 98 valence electrons. The van der Waals surface area contributed by atoms with E-state index in [9.17, 15) is 0 Å². The molecule has 3 heterocycles. The van der Waals surface area contributed by atoms with Crippen molar-refractivity contribution in [2.45, 2.75) is 19.4 Å². The summed E-state index contributed by atoms with van der Waals surface area (Å²) in [7, 11) is 0. The molecular formula is C14H17N5. The van der Waals surface area contributed by atoms with Crippen LogP contribution in [0.2, 0.25) is 0 Å². The monoisotopic (exact) mass is 255 g/mol. The van der Waals surface area contributed by atoms with Gasteiger partial charge in [-0.25, -0.2) is 4.98 Å². The second-order valence-corrected chi connectivity index (χ2v) is 4.62. The number of hydrogen-bond acceptors (Lipinski definition) is 5. The Hall–Kier alpha value is -2.17. The van der Waals surface area contributed by atoms with Crippen LogP contribution < -0.4 is 10.2 Å². The van der Waals surface area contributed by atoms with Crippen LogP contribution in [0.25, 0.3) is 0 Å². The number of hydrogen-bond donors (Lipinski definition) is 1. The van der Waals surface area contributed by atoms with E-state index in [2.05, 4.69) is 31.2 Å². The largest absolute Gasteiger partial charge is 0.376 e. The highest BCUT2D eigenvalue weighted by Gasteiger charge is 2.16. The molecule has 1 saturated heterocycles. The van der Waals surface area contributed by atoms with E-state index in [4.69, 9.17) is 0 Å². The summed E-state index contributed by atoms with van der Waals surface area (Å²) in [6.07, 6.45) is 9.52. The summed E-state index contributed by atoms with van der Waals surface area (Å²) in [5, 5.41) is 3.40. The van der Waals surface area contributed by atoms with Crippen molar-refractivity contribution >= 4 is 11.5 Å². The zero-order chi connectivity index (χ0) is 12.9. The second kappa shape index (κ2) is 5.65. The van der Waals surface area contributed by atoms with E-state index in [0.717, 1.165) is 30.3 Å². The Balaban J connectivity index is 1.73. The number of nitrogens with zero attached hydrogens (tertiary/aromatic N) is 4. The molecular weight excluding hydrogens is 238 g/mol. The lowest BCUT2D eigenvalue weighted by Crippen LogP contribution is -2.20. The minimum atomic E-state index is 0.667. The molecule has 1 N–H and O–H groups in total. The van der Waals surface area contributed by atoms with E-state index < -0.39 is 0 Å². The molecule has 0 saturated carbocycles. The molecule has 2 aromatic heterocycles. The van der Waals surface area contributed by atoms with Gasteiger partial charge < -0.3 is 10.2 Å².